The molecule has 1 aliphatic rings. The number of Topliss-reactive ketones (excluding diaryl/α,β-unsaturated/α-hetero) is 1. The summed E-state index contributed by atoms with van der Waals surface area (Å²) in [6.07, 6.45) is 2.88. The largest absolute Gasteiger partial charge is 0.377 e. The van der Waals surface area contributed by atoms with Crippen molar-refractivity contribution in [2.75, 3.05) is 13.7 Å². The molecule has 1 aliphatic heterocycles. The molecule has 0 unspecified atom stereocenters. The van der Waals surface area contributed by atoms with Crippen LogP contribution < -0.4 is 5.69 Å². The van der Waals surface area contributed by atoms with Gasteiger partial charge in [-0.25, -0.2) is 9.48 Å². The van der Waals surface area contributed by atoms with Crippen molar-refractivity contribution in [3.8, 4) is 0 Å². The lowest BCUT2D eigenvalue weighted by atomic mass is 10.2. The first-order valence-electron chi connectivity index (χ1n) is 5.39. The number of rotatable bonds is 4. The number of carbonyl (C=O) groups is 1. The number of hydrogen-bond acceptors (Lipinski definition) is 4. The van der Waals surface area contributed by atoms with Crippen molar-refractivity contribution in [2.24, 2.45) is 0 Å². The van der Waals surface area contributed by atoms with Gasteiger partial charge in [-0.1, -0.05) is 0 Å². The highest BCUT2D eigenvalue weighted by atomic mass is 16.5. The minimum atomic E-state index is -0.181. The maximum Gasteiger partial charge on any atom is 0.346 e. The zero-order chi connectivity index (χ0) is 11.5. The van der Waals surface area contributed by atoms with Gasteiger partial charge in [0.05, 0.1) is 0 Å². The van der Waals surface area contributed by atoms with Crippen LogP contribution in [0.25, 0.3) is 0 Å². The first-order valence-corrected chi connectivity index (χ1v) is 5.39. The molecular formula is C10H15N3O3. The summed E-state index contributed by atoms with van der Waals surface area (Å²) in [5.41, 5.74) is -0.181. The van der Waals surface area contributed by atoms with E-state index in [1.54, 1.807) is 4.57 Å². The van der Waals surface area contributed by atoms with Gasteiger partial charge in [0.2, 0.25) is 0 Å². The van der Waals surface area contributed by atoms with E-state index in [1.807, 2.05) is 0 Å². The maximum atomic E-state index is 11.8. The minimum Gasteiger partial charge on any atom is -0.377 e. The molecule has 1 aromatic rings. The van der Waals surface area contributed by atoms with E-state index in [0.717, 1.165) is 25.1 Å². The molecule has 0 saturated carbocycles. The molecule has 0 N–H and O–H groups in total. The summed E-state index contributed by atoms with van der Waals surface area (Å²) in [6, 6.07) is 0. The Hall–Kier alpha value is -1.43. The van der Waals surface area contributed by atoms with Crippen molar-refractivity contribution in [2.45, 2.75) is 32.4 Å². The first-order chi connectivity index (χ1) is 7.72. The predicted octanol–water partition coefficient (Wildman–Crippen LogP) is -0.403. The number of methoxy groups -OCH3 is 1. The van der Waals surface area contributed by atoms with Gasteiger partial charge in [-0.05, 0) is 12.8 Å². The monoisotopic (exact) mass is 225 g/mol. The summed E-state index contributed by atoms with van der Waals surface area (Å²) >= 11 is 0. The van der Waals surface area contributed by atoms with Crippen molar-refractivity contribution in [1.29, 1.82) is 0 Å². The normalized spacial score (nSPS) is 14.8. The summed E-state index contributed by atoms with van der Waals surface area (Å²) in [5, 5.41) is 4.16. The van der Waals surface area contributed by atoms with Crippen LogP contribution in [-0.4, -0.2) is 33.8 Å². The van der Waals surface area contributed by atoms with E-state index in [4.69, 9.17) is 4.74 Å². The Morgan fingerprint density at radius 3 is 3.00 bits per heavy atom. The zero-order valence-electron chi connectivity index (χ0n) is 9.31. The first kappa shape index (κ1) is 11.1. The molecule has 0 saturated heterocycles. The van der Waals surface area contributed by atoms with Gasteiger partial charge in [0.15, 0.2) is 5.78 Å². The van der Waals surface area contributed by atoms with Gasteiger partial charge in [0.1, 0.15) is 19.0 Å². The zero-order valence-corrected chi connectivity index (χ0v) is 9.31. The van der Waals surface area contributed by atoms with Crippen molar-refractivity contribution in [3.05, 3.63) is 16.3 Å². The second kappa shape index (κ2) is 4.61. The quantitative estimate of drug-likeness (QED) is 0.699. The third-order valence-electron chi connectivity index (χ3n) is 2.66. The maximum absolute atomic E-state index is 11.8. The van der Waals surface area contributed by atoms with E-state index in [9.17, 15) is 9.59 Å². The molecule has 88 valence electrons. The fourth-order valence-corrected chi connectivity index (χ4v) is 1.93. The van der Waals surface area contributed by atoms with E-state index in [2.05, 4.69) is 5.10 Å². The number of ether oxygens (including phenoxy) is 1. The second-order valence-corrected chi connectivity index (χ2v) is 3.94. The van der Waals surface area contributed by atoms with Gasteiger partial charge in [0.25, 0.3) is 0 Å². The highest BCUT2D eigenvalue weighted by molar-refractivity contribution is 5.79. The van der Waals surface area contributed by atoms with Crippen molar-refractivity contribution < 1.29 is 9.53 Å². The molecular weight excluding hydrogens is 210 g/mol. The van der Waals surface area contributed by atoms with Crippen LogP contribution in [0.1, 0.15) is 18.7 Å². The standard InChI is InChI=1S/C10H15N3O3/c1-16-7-8(14)6-13-10(15)12-5-3-2-4-9(12)11-13/h2-7H2,1H3. The Labute approximate surface area is 92.8 Å². The summed E-state index contributed by atoms with van der Waals surface area (Å²) < 4.78 is 7.61. The molecule has 0 atom stereocenters. The van der Waals surface area contributed by atoms with Crippen molar-refractivity contribution in [1.82, 2.24) is 14.3 Å². The van der Waals surface area contributed by atoms with Gasteiger partial charge in [-0.15, -0.1) is 0 Å². The molecule has 1 aromatic heterocycles. The van der Waals surface area contributed by atoms with Crippen LogP contribution in [0.5, 0.6) is 0 Å². The SMILES string of the molecule is COCC(=O)Cn1nc2n(c1=O)CCCC2. The van der Waals surface area contributed by atoms with Crippen LogP contribution in [0.3, 0.4) is 0 Å². The summed E-state index contributed by atoms with van der Waals surface area (Å²) in [4.78, 5) is 23.2. The van der Waals surface area contributed by atoms with Crippen LogP contribution >= 0.6 is 0 Å². The summed E-state index contributed by atoms with van der Waals surface area (Å²) in [7, 11) is 1.46. The molecule has 2 heterocycles. The molecule has 16 heavy (non-hydrogen) atoms. The lowest BCUT2D eigenvalue weighted by Crippen LogP contribution is -2.29. The molecule has 0 amide bonds. The smallest absolute Gasteiger partial charge is 0.346 e. The number of ketones is 1. The predicted molar refractivity (Wildman–Crippen MR) is 56.3 cm³/mol. The molecule has 2 rings (SSSR count). The number of carbonyl (C=O) groups excluding carboxylic acids is 1. The highest BCUT2D eigenvalue weighted by Gasteiger charge is 2.17. The van der Waals surface area contributed by atoms with Crippen molar-refractivity contribution >= 4 is 5.78 Å². The third-order valence-corrected chi connectivity index (χ3v) is 2.66. The van der Waals surface area contributed by atoms with Crippen LogP contribution in [-0.2, 0) is 29.0 Å². The molecule has 6 heteroatoms. The number of fused-ring (bicyclic) bond motifs is 1. The minimum absolute atomic E-state index is 0.00662. The molecule has 0 fully saturated rings. The van der Waals surface area contributed by atoms with E-state index in [1.165, 1.54) is 11.8 Å². The summed E-state index contributed by atoms with van der Waals surface area (Å²) in [5.74, 6) is 0.654. The average molecular weight is 225 g/mol. The van der Waals surface area contributed by atoms with E-state index in [0.29, 0.717) is 6.54 Å². The number of nitrogens with zero attached hydrogens (tertiary/aromatic N) is 3. The Kier molecular flexibility index (Phi) is 3.19. The third kappa shape index (κ3) is 2.06. The van der Waals surface area contributed by atoms with Gasteiger partial charge in [-0.3, -0.25) is 9.36 Å². The number of hydrogen-bond donors (Lipinski definition) is 0. The van der Waals surface area contributed by atoms with Gasteiger partial charge in [0, 0.05) is 20.1 Å². The molecule has 0 spiro atoms. The Morgan fingerprint density at radius 2 is 2.31 bits per heavy atom. The topological polar surface area (TPSA) is 66.1 Å². The molecule has 6 nitrogen and oxygen atoms in total. The van der Waals surface area contributed by atoms with E-state index < -0.39 is 0 Å². The van der Waals surface area contributed by atoms with Crippen molar-refractivity contribution in [3.63, 3.8) is 0 Å². The van der Waals surface area contributed by atoms with Crippen LogP contribution in [0.15, 0.2) is 4.79 Å². The fraction of sp³-hybridized carbons (Fsp3) is 0.700. The van der Waals surface area contributed by atoms with Crippen LogP contribution in [0.4, 0.5) is 0 Å². The molecule has 0 bridgehead atoms. The lowest BCUT2D eigenvalue weighted by molar-refractivity contribution is -0.123. The number of aromatic nitrogens is 3. The van der Waals surface area contributed by atoms with E-state index >= 15 is 0 Å². The van der Waals surface area contributed by atoms with Crippen LogP contribution in [0, 0.1) is 0 Å². The number of aryl methyl sites for hydroxylation is 1. The Balaban J connectivity index is 2.19. The fourth-order valence-electron chi connectivity index (χ4n) is 1.93. The van der Waals surface area contributed by atoms with Gasteiger partial charge >= 0.3 is 5.69 Å². The average Bonchev–Trinajstić information content (AvgIpc) is 2.57. The molecule has 0 aromatic carbocycles. The summed E-state index contributed by atoms with van der Waals surface area (Å²) in [6.45, 7) is 0.744. The van der Waals surface area contributed by atoms with Crippen LogP contribution in [0.2, 0.25) is 0 Å². The molecule has 0 aliphatic carbocycles. The van der Waals surface area contributed by atoms with Gasteiger partial charge in [-0.2, -0.15) is 5.10 Å². The van der Waals surface area contributed by atoms with E-state index in [-0.39, 0.29) is 24.6 Å². The second-order valence-electron chi connectivity index (χ2n) is 3.94. The lowest BCUT2D eigenvalue weighted by Gasteiger charge is -2.09. The molecule has 0 radical (unpaired) electrons. The Bertz CT molecular complexity index is 447. The van der Waals surface area contributed by atoms with Gasteiger partial charge < -0.3 is 4.74 Å². The highest BCUT2D eigenvalue weighted by Crippen LogP contribution is 2.09. The Morgan fingerprint density at radius 1 is 1.50 bits per heavy atom.